The van der Waals surface area contributed by atoms with Crippen molar-refractivity contribution in [3.8, 4) is 23.0 Å². The van der Waals surface area contributed by atoms with Gasteiger partial charge in [0.25, 0.3) is 0 Å². The molecule has 3 aromatic carbocycles. The lowest BCUT2D eigenvalue weighted by Crippen LogP contribution is -2.26. The van der Waals surface area contributed by atoms with E-state index < -0.39 is 0 Å². The first-order valence-corrected chi connectivity index (χ1v) is 14.1. The second-order valence-electron chi connectivity index (χ2n) is 10.8. The third-order valence-electron chi connectivity index (χ3n) is 8.27. The van der Waals surface area contributed by atoms with Crippen LogP contribution in [-0.4, -0.2) is 65.9 Å². The van der Waals surface area contributed by atoms with Crippen molar-refractivity contribution in [3.63, 3.8) is 0 Å². The van der Waals surface area contributed by atoms with Gasteiger partial charge in [0.1, 0.15) is 23.0 Å². The lowest BCUT2D eigenvalue weighted by molar-refractivity contribution is -0.135. The van der Waals surface area contributed by atoms with Crippen LogP contribution in [0.2, 0.25) is 0 Å². The molecule has 0 N–H and O–H groups in total. The summed E-state index contributed by atoms with van der Waals surface area (Å²) in [7, 11) is 9.06. The van der Waals surface area contributed by atoms with Crippen molar-refractivity contribution >= 4 is 11.7 Å². The smallest absolute Gasteiger partial charge is 0.312 e. The number of hydrogen-bond acceptors (Lipinski definition) is 7. The fourth-order valence-corrected chi connectivity index (χ4v) is 6.10. The first-order chi connectivity index (χ1) is 19.4. The average molecular weight is 545 g/mol. The highest BCUT2D eigenvalue weighted by atomic mass is 16.5. The molecule has 0 aliphatic carbocycles. The van der Waals surface area contributed by atoms with E-state index in [2.05, 4.69) is 34.1 Å². The molecular weight excluding hydrogens is 504 g/mol. The zero-order chi connectivity index (χ0) is 28.2. The van der Waals surface area contributed by atoms with E-state index in [4.69, 9.17) is 18.9 Å². The third-order valence-corrected chi connectivity index (χ3v) is 8.27. The van der Waals surface area contributed by atoms with Crippen LogP contribution in [0.4, 0.5) is 5.69 Å². The van der Waals surface area contributed by atoms with Crippen molar-refractivity contribution in [1.29, 1.82) is 0 Å². The molecule has 7 nitrogen and oxygen atoms in total. The van der Waals surface area contributed by atoms with E-state index in [1.165, 1.54) is 12.8 Å². The van der Waals surface area contributed by atoms with Gasteiger partial charge in [-0.15, -0.1) is 0 Å². The topological polar surface area (TPSA) is 60.5 Å². The fourth-order valence-electron chi connectivity index (χ4n) is 6.10. The predicted molar refractivity (Wildman–Crippen MR) is 158 cm³/mol. The van der Waals surface area contributed by atoms with Crippen molar-refractivity contribution in [2.24, 2.45) is 0 Å². The van der Waals surface area contributed by atoms with Crippen LogP contribution in [0.3, 0.4) is 0 Å². The molecule has 7 heteroatoms. The number of methoxy groups -OCH3 is 3. The number of nitrogens with zero attached hydrogens (tertiary/aromatic N) is 2. The lowest BCUT2D eigenvalue weighted by Gasteiger charge is -2.32. The molecule has 40 heavy (non-hydrogen) atoms. The SMILES string of the molecule is COc1ccc([C@H]2CC(=O)Oc3c([C@H](CCN4CCCC4)c4ccc(N(C)C)cc4)c(OC)cc(OC)c32)cc1. The standard InChI is InChI=1S/C33H40N2O5/c1-34(2)24-12-8-22(9-13-24)26(16-19-35-17-6-7-18-35)31-28(38-4)21-29(39-5)32-27(20-30(36)40-33(31)32)23-10-14-25(37-3)15-11-23/h8-15,21,26-27H,6-7,16-20H2,1-5H3/t26-,27-/m1/s1. The van der Waals surface area contributed by atoms with E-state index in [-0.39, 0.29) is 24.2 Å². The van der Waals surface area contributed by atoms with Gasteiger partial charge in [-0.1, -0.05) is 24.3 Å². The van der Waals surface area contributed by atoms with Crippen LogP contribution in [0.5, 0.6) is 23.0 Å². The maximum absolute atomic E-state index is 13.2. The molecule has 2 atom stereocenters. The maximum Gasteiger partial charge on any atom is 0.312 e. The first-order valence-electron chi connectivity index (χ1n) is 14.1. The van der Waals surface area contributed by atoms with Crippen LogP contribution in [-0.2, 0) is 4.79 Å². The molecule has 5 rings (SSSR count). The summed E-state index contributed by atoms with van der Waals surface area (Å²) in [5.41, 5.74) is 5.10. The Balaban J connectivity index is 1.67. The third kappa shape index (κ3) is 5.61. The van der Waals surface area contributed by atoms with Crippen LogP contribution in [0, 0.1) is 0 Å². The molecule has 2 aliphatic heterocycles. The number of rotatable bonds is 10. The summed E-state index contributed by atoms with van der Waals surface area (Å²) >= 11 is 0. The van der Waals surface area contributed by atoms with Gasteiger partial charge in [0.15, 0.2) is 0 Å². The number of fused-ring (bicyclic) bond motifs is 1. The predicted octanol–water partition coefficient (Wildman–Crippen LogP) is 5.84. The van der Waals surface area contributed by atoms with E-state index in [0.717, 1.165) is 59.7 Å². The maximum atomic E-state index is 13.2. The average Bonchev–Trinajstić information content (AvgIpc) is 3.50. The van der Waals surface area contributed by atoms with E-state index >= 15 is 0 Å². The van der Waals surface area contributed by atoms with Crippen molar-refractivity contribution in [1.82, 2.24) is 4.90 Å². The van der Waals surface area contributed by atoms with Crippen LogP contribution in [0.1, 0.15) is 59.8 Å². The van der Waals surface area contributed by atoms with Crippen LogP contribution >= 0.6 is 0 Å². The molecule has 3 aromatic rings. The number of carbonyl (C=O) groups is 1. The van der Waals surface area contributed by atoms with Gasteiger partial charge >= 0.3 is 5.97 Å². The zero-order valence-corrected chi connectivity index (χ0v) is 24.2. The number of esters is 1. The Bertz CT molecular complexity index is 1310. The summed E-state index contributed by atoms with van der Waals surface area (Å²) in [6.07, 6.45) is 3.59. The largest absolute Gasteiger partial charge is 0.497 e. The number of anilines is 1. The summed E-state index contributed by atoms with van der Waals surface area (Å²) in [4.78, 5) is 17.8. The minimum Gasteiger partial charge on any atom is -0.497 e. The van der Waals surface area contributed by atoms with Gasteiger partial charge in [0.2, 0.25) is 0 Å². The minimum atomic E-state index is -0.258. The summed E-state index contributed by atoms with van der Waals surface area (Å²) in [5, 5.41) is 0. The van der Waals surface area contributed by atoms with Gasteiger partial charge in [-0.3, -0.25) is 4.79 Å². The molecule has 1 fully saturated rings. The highest BCUT2D eigenvalue weighted by Gasteiger charge is 2.37. The first kappa shape index (κ1) is 27.8. The number of ether oxygens (including phenoxy) is 4. The molecule has 0 unspecified atom stereocenters. The molecule has 2 aliphatic rings. The number of benzene rings is 3. The Kier molecular flexibility index (Phi) is 8.50. The van der Waals surface area contributed by atoms with E-state index in [1.807, 2.05) is 44.4 Å². The van der Waals surface area contributed by atoms with Crippen LogP contribution < -0.4 is 23.8 Å². The minimum absolute atomic E-state index is 0.0335. The Morgan fingerprint density at radius 2 is 1.60 bits per heavy atom. The highest BCUT2D eigenvalue weighted by Crippen LogP contribution is 2.53. The van der Waals surface area contributed by atoms with Crippen molar-refractivity contribution < 1.29 is 23.7 Å². The summed E-state index contributed by atoms with van der Waals surface area (Å²) in [6.45, 7) is 3.21. The number of likely N-dealkylation sites (tertiary alicyclic amines) is 1. The summed E-state index contributed by atoms with van der Waals surface area (Å²) in [5.74, 6) is 2.16. The highest BCUT2D eigenvalue weighted by molar-refractivity contribution is 5.81. The van der Waals surface area contributed by atoms with E-state index in [1.54, 1.807) is 21.3 Å². The second-order valence-corrected chi connectivity index (χ2v) is 10.8. The molecule has 0 aromatic heterocycles. The normalized spacial score (nSPS) is 17.6. The number of hydrogen-bond donors (Lipinski definition) is 0. The molecule has 1 saturated heterocycles. The molecule has 0 radical (unpaired) electrons. The van der Waals surface area contributed by atoms with Crippen molar-refractivity contribution in [2.45, 2.75) is 37.5 Å². The van der Waals surface area contributed by atoms with E-state index in [9.17, 15) is 4.79 Å². The van der Waals surface area contributed by atoms with Crippen molar-refractivity contribution in [2.75, 3.05) is 60.0 Å². The van der Waals surface area contributed by atoms with Crippen LogP contribution in [0.15, 0.2) is 54.6 Å². The fraction of sp³-hybridized carbons (Fsp3) is 0.424. The van der Waals surface area contributed by atoms with Gasteiger partial charge in [0.05, 0.1) is 27.8 Å². The quantitative estimate of drug-likeness (QED) is 0.235. The second kappa shape index (κ2) is 12.2. The van der Waals surface area contributed by atoms with Gasteiger partial charge in [-0.2, -0.15) is 0 Å². The molecular formula is C33H40N2O5. The molecule has 0 bridgehead atoms. The van der Waals surface area contributed by atoms with Gasteiger partial charge in [-0.05, 0) is 74.3 Å². The summed E-state index contributed by atoms with van der Waals surface area (Å²) in [6, 6.07) is 18.5. The lowest BCUT2D eigenvalue weighted by atomic mass is 9.80. The zero-order valence-electron chi connectivity index (χ0n) is 24.2. The number of carbonyl (C=O) groups excluding carboxylic acids is 1. The molecule has 2 heterocycles. The van der Waals surface area contributed by atoms with Gasteiger partial charge in [-0.25, -0.2) is 0 Å². The van der Waals surface area contributed by atoms with E-state index in [0.29, 0.717) is 17.2 Å². The van der Waals surface area contributed by atoms with Crippen molar-refractivity contribution in [3.05, 3.63) is 76.9 Å². The summed E-state index contributed by atoms with van der Waals surface area (Å²) < 4.78 is 23.4. The molecule has 0 amide bonds. The Labute approximate surface area is 237 Å². The molecule has 0 saturated carbocycles. The van der Waals surface area contributed by atoms with Gasteiger partial charge < -0.3 is 28.7 Å². The Morgan fingerprint density at radius 1 is 0.925 bits per heavy atom. The van der Waals surface area contributed by atoms with Crippen LogP contribution in [0.25, 0.3) is 0 Å². The Morgan fingerprint density at radius 3 is 2.20 bits per heavy atom. The monoisotopic (exact) mass is 544 g/mol. The van der Waals surface area contributed by atoms with Gasteiger partial charge in [0, 0.05) is 48.8 Å². The molecule has 0 spiro atoms. The molecule has 212 valence electrons. The Hall–Kier alpha value is -3.71.